The minimum Gasteiger partial charge on any atom is -0.0654 e. The van der Waals surface area contributed by atoms with Crippen molar-refractivity contribution in [1.82, 2.24) is 0 Å². The van der Waals surface area contributed by atoms with Crippen molar-refractivity contribution in [2.45, 2.75) is 310 Å². The first kappa shape index (κ1) is 54.9. The van der Waals surface area contributed by atoms with Gasteiger partial charge in [-0.3, -0.25) is 0 Å². The molecule has 328 valence electrons. The molecule has 0 amide bonds. The van der Waals surface area contributed by atoms with Crippen molar-refractivity contribution in [1.29, 1.82) is 0 Å². The van der Waals surface area contributed by atoms with Crippen LogP contribution < -0.4 is 0 Å². The van der Waals surface area contributed by atoms with Gasteiger partial charge in [-0.1, -0.05) is 27.7 Å². The SMILES string of the molecule is CCCCCCCCCCCCCP(Br)(CCCCCCCCCCCCC)(CCCCCCCCCCCCC)CCCCCCCCCCCCC. The summed E-state index contributed by atoms with van der Waals surface area (Å²) in [5.74, 6) is 0. The van der Waals surface area contributed by atoms with Gasteiger partial charge in [0.2, 0.25) is 0 Å². The number of unbranched alkanes of at least 4 members (excludes halogenated alkanes) is 40. The molecular formula is C52H108BrP. The van der Waals surface area contributed by atoms with E-state index in [9.17, 15) is 0 Å². The molecule has 0 aromatic carbocycles. The van der Waals surface area contributed by atoms with Crippen LogP contribution in [0.15, 0.2) is 0 Å². The second-order valence-electron chi connectivity index (χ2n) is 18.9. The molecule has 0 heterocycles. The van der Waals surface area contributed by atoms with Crippen molar-refractivity contribution in [3.05, 3.63) is 0 Å². The minimum absolute atomic E-state index is 1.37. The fourth-order valence-electron chi connectivity index (χ4n) is 9.36. The van der Waals surface area contributed by atoms with Gasteiger partial charge in [-0.25, -0.2) is 0 Å². The molecule has 0 saturated carbocycles. The molecule has 0 bridgehead atoms. The molecule has 0 unspecified atom stereocenters. The summed E-state index contributed by atoms with van der Waals surface area (Å²) in [6.45, 7) is 9.34. The van der Waals surface area contributed by atoms with E-state index in [0.717, 1.165) is 0 Å². The first-order valence-electron chi connectivity index (χ1n) is 26.3. The van der Waals surface area contributed by atoms with Crippen LogP contribution in [0.1, 0.15) is 310 Å². The fraction of sp³-hybridized carbons (Fsp3) is 1.00. The molecule has 0 aliphatic rings. The molecule has 0 atom stereocenters. The Morgan fingerprint density at radius 1 is 0.185 bits per heavy atom. The Kier molecular flexibility index (Phi) is 44.2. The Morgan fingerprint density at radius 3 is 0.426 bits per heavy atom. The van der Waals surface area contributed by atoms with Crippen LogP contribution in [-0.2, 0) is 0 Å². The molecule has 0 spiro atoms. The van der Waals surface area contributed by atoms with Gasteiger partial charge < -0.3 is 0 Å². The Morgan fingerprint density at radius 2 is 0.296 bits per heavy atom. The normalized spacial score (nSPS) is 12.8. The number of hydrogen-bond acceptors (Lipinski definition) is 0. The van der Waals surface area contributed by atoms with E-state index in [4.69, 9.17) is 15.5 Å². The zero-order valence-electron chi connectivity index (χ0n) is 38.8. The van der Waals surface area contributed by atoms with Gasteiger partial charge in [-0.15, -0.1) is 0 Å². The summed E-state index contributed by atoms with van der Waals surface area (Å²) in [5.41, 5.74) is 0. The predicted octanol–water partition coefficient (Wildman–Crippen LogP) is 21.1. The second kappa shape index (κ2) is 43.5. The predicted molar refractivity (Wildman–Crippen MR) is 261 cm³/mol. The average Bonchev–Trinajstić information content (AvgIpc) is 3.17. The van der Waals surface area contributed by atoms with Gasteiger partial charge in [0, 0.05) is 0 Å². The van der Waals surface area contributed by atoms with E-state index in [1.54, 1.807) is 24.6 Å². The van der Waals surface area contributed by atoms with E-state index < -0.39 is 5.31 Å². The van der Waals surface area contributed by atoms with E-state index in [1.165, 1.54) is 283 Å². The van der Waals surface area contributed by atoms with Crippen LogP contribution in [-0.4, -0.2) is 24.6 Å². The number of rotatable bonds is 48. The van der Waals surface area contributed by atoms with Gasteiger partial charge in [0.1, 0.15) is 0 Å². The summed E-state index contributed by atoms with van der Waals surface area (Å²) in [5, 5.41) is -1.86. The summed E-state index contributed by atoms with van der Waals surface area (Å²) in [6, 6.07) is 0. The molecule has 0 aliphatic heterocycles. The summed E-state index contributed by atoms with van der Waals surface area (Å²) in [4.78, 5) is 0. The first-order valence-corrected chi connectivity index (χ1v) is 31.3. The summed E-state index contributed by atoms with van der Waals surface area (Å²) >= 11 is 4.92. The van der Waals surface area contributed by atoms with Crippen LogP contribution in [0.2, 0.25) is 0 Å². The number of halogens is 1. The van der Waals surface area contributed by atoms with Gasteiger partial charge >= 0.3 is 328 Å². The van der Waals surface area contributed by atoms with Crippen molar-refractivity contribution in [3.8, 4) is 0 Å². The van der Waals surface area contributed by atoms with Crippen molar-refractivity contribution in [2.75, 3.05) is 24.6 Å². The van der Waals surface area contributed by atoms with Gasteiger partial charge in [-0.2, -0.15) is 0 Å². The van der Waals surface area contributed by atoms with E-state index in [2.05, 4.69) is 27.7 Å². The summed E-state index contributed by atoms with van der Waals surface area (Å²) in [6.07, 6.45) is 71.0. The van der Waals surface area contributed by atoms with Crippen molar-refractivity contribution < 1.29 is 0 Å². The monoisotopic (exact) mass is 843 g/mol. The minimum atomic E-state index is -1.86. The third kappa shape index (κ3) is 38.4. The van der Waals surface area contributed by atoms with E-state index >= 15 is 0 Å². The van der Waals surface area contributed by atoms with Crippen LogP contribution in [0.25, 0.3) is 0 Å². The van der Waals surface area contributed by atoms with Crippen LogP contribution in [0.4, 0.5) is 0 Å². The van der Waals surface area contributed by atoms with Crippen LogP contribution >= 0.6 is 20.8 Å². The Bertz CT molecular complexity index is 574. The third-order valence-electron chi connectivity index (χ3n) is 13.3. The Balaban J connectivity index is 5.07. The second-order valence-corrected chi connectivity index (χ2v) is 30.3. The first-order chi connectivity index (χ1) is 26.5. The standard InChI is InChI=1S/C52H108BrP/c1-5-9-13-17-21-25-29-33-37-41-45-49-54(53,50-46-42-38-34-30-26-22-18-14-10-6-2,51-47-43-39-35-31-27-23-19-15-11-7-3)52-48-44-40-36-32-28-24-20-16-12-8-4/h5-52H2,1-4H3. The van der Waals surface area contributed by atoms with Gasteiger partial charge in [0.15, 0.2) is 0 Å². The molecule has 2 heteroatoms. The molecule has 0 N–H and O–H groups in total. The van der Waals surface area contributed by atoms with Crippen molar-refractivity contribution >= 4 is 20.8 Å². The quantitative estimate of drug-likeness (QED) is 0.0423. The van der Waals surface area contributed by atoms with E-state index in [1.807, 2.05) is 0 Å². The topological polar surface area (TPSA) is 0 Å². The molecule has 0 aromatic heterocycles. The third-order valence-corrected chi connectivity index (χ3v) is 23.3. The van der Waals surface area contributed by atoms with Crippen LogP contribution in [0.5, 0.6) is 0 Å². The smallest absolute Gasteiger partial charge is 0.0654 e. The average molecular weight is 844 g/mol. The summed E-state index contributed by atoms with van der Waals surface area (Å²) in [7, 11) is 0. The van der Waals surface area contributed by atoms with E-state index in [0.29, 0.717) is 0 Å². The Hall–Kier alpha value is 0.910. The molecular weight excluding hydrogens is 735 g/mol. The molecule has 0 aromatic rings. The molecule has 54 heavy (non-hydrogen) atoms. The summed E-state index contributed by atoms with van der Waals surface area (Å²) < 4.78 is 0. The fourth-order valence-corrected chi connectivity index (χ4v) is 17.8. The van der Waals surface area contributed by atoms with Crippen LogP contribution in [0, 0.1) is 0 Å². The molecule has 0 rings (SSSR count). The van der Waals surface area contributed by atoms with Crippen LogP contribution in [0.3, 0.4) is 0 Å². The van der Waals surface area contributed by atoms with Gasteiger partial charge in [0.05, 0.1) is 0 Å². The maximum absolute atomic E-state index is 4.92. The maximum atomic E-state index is 4.92. The number of hydrogen-bond donors (Lipinski definition) is 0. The van der Waals surface area contributed by atoms with Gasteiger partial charge in [0.25, 0.3) is 0 Å². The zero-order chi connectivity index (χ0) is 39.4. The molecule has 0 nitrogen and oxygen atoms in total. The Labute approximate surface area is 353 Å². The van der Waals surface area contributed by atoms with Gasteiger partial charge in [-0.05, 0) is 0 Å². The molecule has 0 fully saturated rings. The van der Waals surface area contributed by atoms with Crippen molar-refractivity contribution in [3.63, 3.8) is 0 Å². The molecule has 0 saturated heterocycles. The molecule has 0 radical (unpaired) electrons. The van der Waals surface area contributed by atoms with Crippen molar-refractivity contribution in [2.24, 2.45) is 0 Å². The zero-order valence-corrected chi connectivity index (χ0v) is 41.2. The van der Waals surface area contributed by atoms with E-state index in [-0.39, 0.29) is 0 Å². The molecule has 0 aliphatic carbocycles.